The number of carboxylic acid groups (broad SMARTS) is 1. The molecule has 0 unspecified atom stereocenters. The van der Waals surface area contributed by atoms with Crippen molar-refractivity contribution in [2.45, 2.75) is 19.9 Å². The van der Waals surface area contributed by atoms with Gasteiger partial charge < -0.3 is 5.11 Å². The van der Waals surface area contributed by atoms with Crippen molar-refractivity contribution < 1.29 is 18.3 Å². The molecule has 3 N–H and O–H groups in total. The summed E-state index contributed by atoms with van der Waals surface area (Å²) < 4.78 is 25.7. The Morgan fingerprint density at radius 3 is 2.33 bits per heavy atom. The van der Waals surface area contributed by atoms with Crippen LogP contribution in [0.4, 0.5) is 0 Å². The van der Waals surface area contributed by atoms with Crippen LogP contribution in [-0.2, 0) is 15.0 Å². The normalized spacial score (nSPS) is 11.9. The molecule has 0 spiro atoms. The maximum absolute atomic E-state index is 10.9. The van der Waals surface area contributed by atoms with Crippen molar-refractivity contribution in [2.75, 3.05) is 6.54 Å². The third-order valence-electron chi connectivity index (χ3n) is 0.804. The predicted octanol–water partition coefficient (Wildman–Crippen LogP) is -1.10. The molecule has 0 bridgehead atoms. The summed E-state index contributed by atoms with van der Waals surface area (Å²) in [6.07, 6.45) is 0. The van der Waals surface area contributed by atoms with E-state index < -0.39 is 22.7 Å². The summed E-state index contributed by atoms with van der Waals surface area (Å²) in [5, 5.41) is 8.16. The van der Waals surface area contributed by atoms with Crippen molar-refractivity contribution in [1.82, 2.24) is 9.44 Å². The molecule has 0 saturated heterocycles. The van der Waals surface area contributed by atoms with Crippen molar-refractivity contribution in [3.8, 4) is 0 Å². The first kappa shape index (κ1) is 11.3. The Morgan fingerprint density at radius 2 is 2.00 bits per heavy atom. The molecule has 72 valence electrons. The van der Waals surface area contributed by atoms with E-state index in [1.807, 2.05) is 4.72 Å². The number of carbonyl (C=O) groups is 1. The molecule has 7 heteroatoms. The zero-order valence-electron chi connectivity index (χ0n) is 6.86. The van der Waals surface area contributed by atoms with E-state index in [1.165, 1.54) is 0 Å². The molecule has 6 nitrogen and oxygen atoms in total. The molecule has 0 saturated carbocycles. The molecule has 0 heterocycles. The Morgan fingerprint density at radius 1 is 1.50 bits per heavy atom. The van der Waals surface area contributed by atoms with Crippen LogP contribution in [0.15, 0.2) is 0 Å². The van der Waals surface area contributed by atoms with E-state index in [-0.39, 0.29) is 6.04 Å². The third kappa shape index (κ3) is 6.08. The average molecular weight is 196 g/mol. The van der Waals surface area contributed by atoms with E-state index in [4.69, 9.17) is 5.11 Å². The van der Waals surface area contributed by atoms with Crippen molar-refractivity contribution in [1.29, 1.82) is 0 Å². The molecule has 0 aromatic rings. The van der Waals surface area contributed by atoms with Gasteiger partial charge in [0.15, 0.2) is 0 Å². The van der Waals surface area contributed by atoms with Gasteiger partial charge >= 0.3 is 5.97 Å². The summed E-state index contributed by atoms with van der Waals surface area (Å²) in [6.45, 7) is 2.67. The van der Waals surface area contributed by atoms with Gasteiger partial charge in [-0.25, -0.2) is 0 Å². The van der Waals surface area contributed by atoms with Crippen molar-refractivity contribution in [3.63, 3.8) is 0 Å². The van der Waals surface area contributed by atoms with E-state index in [1.54, 1.807) is 13.8 Å². The fourth-order valence-electron chi connectivity index (χ4n) is 0.509. The molecular weight excluding hydrogens is 184 g/mol. The van der Waals surface area contributed by atoms with Crippen molar-refractivity contribution >= 4 is 16.2 Å². The van der Waals surface area contributed by atoms with Crippen molar-refractivity contribution in [2.24, 2.45) is 0 Å². The van der Waals surface area contributed by atoms with Crippen LogP contribution in [0.1, 0.15) is 13.8 Å². The van der Waals surface area contributed by atoms with Crippen LogP contribution in [0.2, 0.25) is 0 Å². The second kappa shape index (κ2) is 4.39. The van der Waals surface area contributed by atoms with Gasteiger partial charge in [0.25, 0.3) is 10.2 Å². The quantitative estimate of drug-likeness (QED) is 0.520. The first-order valence-electron chi connectivity index (χ1n) is 3.32. The minimum atomic E-state index is -3.66. The SMILES string of the molecule is CC(C)NS(=O)(=O)NCC(=O)O. The molecule has 0 aliphatic rings. The largest absolute Gasteiger partial charge is 0.480 e. The lowest BCUT2D eigenvalue weighted by Crippen LogP contribution is -2.42. The van der Waals surface area contributed by atoms with Gasteiger partial charge in [-0.15, -0.1) is 0 Å². The Bertz CT molecular complexity index is 246. The molecule has 0 aliphatic carbocycles. The van der Waals surface area contributed by atoms with Gasteiger partial charge in [0.05, 0.1) is 0 Å². The summed E-state index contributed by atoms with van der Waals surface area (Å²) >= 11 is 0. The predicted molar refractivity (Wildman–Crippen MR) is 42.8 cm³/mol. The first-order chi connectivity index (χ1) is 5.33. The average Bonchev–Trinajstić information content (AvgIpc) is 1.81. The van der Waals surface area contributed by atoms with Gasteiger partial charge in [0.2, 0.25) is 0 Å². The highest BCUT2D eigenvalue weighted by atomic mass is 32.2. The van der Waals surface area contributed by atoms with E-state index in [0.29, 0.717) is 0 Å². The lowest BCUT2D eigenvalue weighted by molar-refractivity contribution is -0.135. The number of hydrogen-bond acceptors (Lipinski definition) is 3. The van der Waals surface area contributed by atoms with Crippen LogP contribution >= 0.6 is 0 Å². The van der Waals surface area contributed by atoms with E-state index in [9.17, 15) is 13.2 Å². The highest BCUT2D eigenvalue weighted by Gasteiger charge is 2.11. The fourth-order valence-corrected chi connectivity index (χ4v) is 1.53. The lowest BCUT2D eigenvalue weighted by Gasteiger charge is -2.08. The van der Waals surface area contributed by atoms with Crippen LogP contribution < -0.4 is 9.44 Å². The zero-order valence-corrected chi connectivity index (χ0v) is 7.68. The van der Waals surface area contributed by atoms with Crippen LogP contribution in [0, 0.1) is 0 Å². The molecule has 0 amide bonds. The van der Waals surface area contributed by atoms with Crippen LogP contribution in [0.25, 0.3) is 0 Å². The van der Waals surface area contributed by atoms with Gasteiger partial charge in [-0.2, -0.15) is 17.9 Å². The number of aliphatic carboxylic acids is 1. The number of carboxylic acids is 1. The lowest BCUT2D eigenvalue weighted by atomic mass is 10.4. The second-order valence-corrected chi connectivity index (χ2v) is 4.02. The Labute approximate surface area is 71.2 Å². The third-order valence-corrected chi connectivity index (χ3v) is 2.11. The molecule has 0 radical (unpaired) electrons. The van der Waals surface area contributed by atoms with Gasteiger partial charge in [-0.05, 0) is 13.8 Å². The molecule has 0 atom stereocenters. The smallest absolute Gasteiger partial charge is 0.318 e. The molecular formula is C5H12N2O4S. The Balaban J connectivity index is 3.98. The van der Waals surface area contributed by atoms with Gasteiger partial charge in [-0.1, -0.05) is 0 Å². The highest BCUT2D eigenvalue weighted by Crippen LogP contribution is 1.82. The summed E-state index contributed by atoms with van der Waals surface area (Å²) in [5.74, 6) is -1.22. The molecule has 0 fully saturated rings. The standard InChI is InChI=1S/C5H12N2O4S/c1-4(2)7-12(10,11)6-3-5(8)9/h4,6-7H,3H2,1-2H3,(H,8,9). The molecule has 0 aromatic carbocycles. The summed E-state index contributed by atoms with van der Waals surface area (Å²) in [6, 6.07) is -0.253. The number of hydrogen-bond donors (Lipinski definition) is 3. The van der Waals surface area contributed by atoms with Gasteiger partial charge in [-0.3, -0.25) is 4.79 Å². The number of rotatable bonds is 5. The zero-order chi connectivity index (χ0) is 9.78. The van der Waals surface area contributed by atoms with E-state index >= 15 is 0 Å². The van der Waals surface area contributed by atoms with Crippen LogP contribution in [0.3, 0.4) is 0 Å². The minimum Gasteiger partial charge on any atom is -0.480 e. The van der Waals surface area contributed by atoms with Crippen molar-refractivity contribution in [3.05, 3.63) is 0 Å². The molecule has 0 aliphatic heterocycles. The minimum absolute atomic E-state index is 0.253. The maximum atomic E-state index is 10.9. The maximum Gasteiger partial charge on any atom is 0.318 e. The fraction of sp³-hybridized carbons (Fsp3) is 0.800. The van der Waals surface area contributed by atoms with Crippen LogP contribution in [0.5, 0.6) is 0 Å². The summed E-state index contributed by atoms with van der Waals surface area (Å²) in [7, 11) is -3.66. The second-order valence-electron chi connectivity index (χ2n) is 2.49. The van der Waals surface area contributed by atoms with Crippen LogP contribution in [-0.4, -0.2) is 32.1 Å². The Hall–Kier alpha value is -0.660. The van der Waals surface area contributed by atoms with Gasteiger partial charge in [0, 0.05) is 6.04 Å². The number of nitrogens with one attached hydrogen (secondary N) is 2. The Kier molecular flexibility index (Phi) is 4.15. The van der Waals surface area contributed by atoms with E-state index in [0.717, 1.165) is 0 Å². The first-order valence-corrected chi connectivity index (χ1v) is 4.80. The monoisotopic (exact) mass is 196 g/mol. The highest BCUT2D eigenvalue weighted by molar-refractivity contribution is 7.87. The summed E-state index contributed by atoms with van der Waals surface area (Å²) in [4.78, 5) is 9.98. The van der Waals surface area contributed by atoms with Gasteiger partial charge in [0.1, 0.15) is 6.54 Å². The topological polar surface area (TPSA) is 95.5 Å². The molecule has 0 aromatic heterocycles. The molecule has 0 rings (SSSR count). The summed E-state index contributed by atoms with van der Waals surface area (Å²) in [5.41, 5.74) is 0. The molecule has 12 heavy (non-hydrogen) atoms. The van der Waals surface area contributed by atoms with E-state index in [2.05, 4.69) is 4.72 Å².